The number of benzene rings is 9. The molecule has 0 saturated carbocycles. The Morgan fingerprint density at radius 3 is 1.37 bits per heavy atom. The third kappa shape index (κ3) is 20.2. The molecule has 127 heavy (non-hydrogen) atoms. The minimum atomic E-state index is -0.331. The average molecular weight is 1810 g/mol. The summed E-state index contributed by atoms with van der Waals surface area (Å²) in [6.07, 6.45) is 2.09. The molecule has 5 fully saturated rings. The number of furan rings is 1. The van der Waals surface area contributed by atoms with Gasteiger partial charge >= 0.3 is 11.9 Å². The van der Waals surface area contributed by atoms with Crippen molar-refractivity contribution >= 4 is 67.9 Å². The van der Waals surface area contributed by atoms with Gasteiger partial charge in [-0.25, -0.2) is 0 Å². The smallest absolute Gasteiger partial charge is 0.308 e. The van der Waals surface area contributed by atoms with Gasteiger partial charge in [0.05, 0.1) is 82.6 Å². The van der Waals surface area contributed by atoms with Gasteiger partial charge in [-0.2, -0.15) is 5.26 Å². The van der Waals surface area contributed by atoms with Crippen LogP contribution in [0.3, 0.4) is 0 Å². The third-order valence-electron chi connectivity index (χ3n) is 25.1. The number of nitrogens with zero attached hydrogens (tertiary/aromatic N) is 1. The van der Waals surface area contributed by atoms with Crippen molar-refractivity contribution in [3.8, 4) is 23.3 Å². The number of ether oxygens (including phenoxy) is 12. The molecule has 10 aromatic rings. The number of fused-ring (bicyclic) bond motifs is 15. The molecule has 20 rings (SSSR count). The highest BCUT2D eigenvalue weighted by atomic mass is 79.9. The maximum absolute atomic E-state index is 11.3. The van der Waals surface area contributed by atoms with E-state index >= 15 is 0 Å². The average Bonchev–Trinajstić information content (AvgIpc) is 1.76. The number of carbonyl (C=O) groups excluding carboxylic acids is 2. The summed E-state index contributed by atoms with van der Waals surface area (Å²) < 4.78 is 77.3. The lowest BCUT2D eigenvalue weighted by molar-refractivity contribution is -0.151. The summed E-state index contributed by atoms with van der Waals surface area (Å²) in [5.41, 5.74) is 21.7. The van der Waals surface area contributed by atoms with Crippen molar-refractivity contribution in [1.29, 1.82) is 5.26 Å². The molecule has 16 unspecified atom stereocenters. The second-order valence-corrected chi connectivity index (χ2v) is 38.2. The summed E-state index contributed by atoms with van der Waals surface area (Å²) in [6, 6.07) is 66.6. The SMILES string of the molecule is CC(=O)Oc1cccc(C2Nc3ccc(C(C)(C)C)cc3C3OCOC23)c1.CC(C)(C)c1ccc2c(c1)C1OCCOC1C(c1cccc(Br)c1)N2.CC(C)(C)c1ccc2c(c1)C1OCOC1C(c1ccco1)N2.CCC(C)c1ccc2c(c1)C1OCCOC1C(c1ccc(OC(C)=O)cc1)N2.N#CCc1ccc2c(c1)C1OCCOC1C(c1ccc(O)cc1Cl)N2. The molecular formula is C103H114BrClN6O16. The van der Waals surface area contributed by atoms with Gasteiger partial charge in [0, 0.05) is 79.6 Å². The Bertz CT molecular complexity index is 5610. The number of anilines is 5. The van der Waals surface area contributed by atoms with Crippen molar-refractivity contribution in [3.05, 3.63) is 294 Å². The molecule has 1 aromatic heterocycles. The summed E-state index contributed by atoms with van der Waals surface area (Å²) in [5.74, 6) is 1.95. The molecule has 10 aliphatic heterocycles. The standard InChI is InChI=1S/C23H27NO4.C22H25NO4.C21H24BrNO2.C19H17ClN2O3.C18H21NO3/c1-4-14(2)17-7-10-20-19(13-17)22-23(27-12-11-26-22)21(24-20)16-5-8-18(9-6-16)28-15(3)25;1-13(24)27-16-7-5-6-14(10-16)19-21-20(25-12-26-21)17-11-15(22(2,3)4)8-9-18(17)23-19;1-21(2,3)14-7-8-17-16(12-14)19-20(25-10-9-24-19)18(23-17)13-5-4-6-15(22)11-13;20-15-10-12(23)2-3-13(15)17-19-18(24-7-8-25-19)14-9-11(5-6-21)1-4-16(14)22-17;1-18(2,3)11-6-7-13-12(9-11)16-17(22-10-21-16)15(19-13)14-5-4-8-20-14/h5-10,13-14,21-24H,4,11-12H2,1-3H3;5-11,19-21,23H,12H2,1-4H3;4-8,11-12,18-20,23H,9-10H2,1-3H3;1-4,9-10,17-19,22-23H,5,7-8H2;4-9,15-17,19H,10H2,1-3H3. The van der Waals surface area contributed by atoms with Crippen LogP contribution in [0.4, 0.5) is 28.4 Å². The molecule has 10 aliphatic rings. The molecule has 5 saturated heterocycles. The van der Waals surface area contributed by atoms with Gasteiger partial charge < -0.3 is 92.9 Å². The molecule has 0 radical (unpaired) electrons. The quantitative estimate of drug-likeness (QED) is 0.0549. The largest absolute Gasteiger partial charge is 0.508 e. The van der Waals surface area contributed by atoms with Gasteiger partial charge in [-0.3, -0.25) is 9.59 Å². The van der Waals surface area contributed by atoms with Crippen molar-refractivity contribution in [2.24, 2.45) is 0 Å². The predicted molar refractivity (Wildman–Crippen MR) is 492 cm³/mol. The first-order valence-electron chi connectivity index (χ1n) is 43.9. The van der Waals surface area contributed by atoms with Gasteiger partial charge in [-0.1, -0.05) is 201 Å². The molecule has 22 nitrogen and oxygen atoms in total. The summed E-state index contributed by atoms with van der Waals surface area (Å²) >= 11 is 9.94. The van der Waals surface area contributed by atoms with Crippen LogP contribution in [0.15, 0.2) is 209 Å². The van der Waals surface area contributed by atoms with E-state index < -0.39 is 0 Å². The Hall–Kier alpha value is -10.1. The maximum Gasteiger partial charge on any atom is 0.308 e. The Kier molecular flexibility index (Phi) is 27.5. The fraction of sp³-hybridized carbons (Fsp3) is 0.408. The molecule has 16 atom stereocenters. The highest BCUT2D eigenvalue weighted by molar-refractivity contribution is 9.10. The van der Waals surface area contributed by atoms with Crippen LogP contribution >= 0.6 is 27.5 Å². The highest BCUT2D eigenvalue weighted by Crippen LogP contribution is 2.53. The lowest BCUT2D eigenvalue weighted by Crippen LogP contribution is -2.43. The van der Waals surface area contributed by atoms with E-state index in [2.05, 4.69) is 216 Å². The van der Waals surface area contributed by atoms with Gasteiger partial charge in [-0.15, -0.1) is 0 Å². The molecule has 0 bridgehead atoms. The van der Waals surface area contributed by atoms with Crippen LogP contribution in [0.25, 0.3) is 0 Å². The summed E-state index contributed by atoms with van der Waals surface area (Å²) in [4.78, 5) is 22.4. The monoisotopic (exact) mass is 1800 g/mol. The molecule has 0 aliphatic carbocycles. The van der Waals surface area contributed by atoms with E-state index in [9.17, 15) is 14.7 Å². The summed E-state index contributed by atoms with van der Waals surface area (Å²) in [6.45, 7) is 31.4. The number of nitrogens with one attached hydrogen (secondary N) is 5. The molecule has 11 heterocycles. The van der Waals surface area contributed by atoms with Crippen LogP contribution in [0.5, 0.6) is 17.2 Å². The van der Waals surface area contributed by atoms with Crippen molar-refractivity contribution < 1.29 is 76.0 Å². The van der Waals surface area contributed by atoms with E-state index in [1.807, 2.05) is 78.9 Å². The topological polar surface area (TPSA) is 262 Å². The fourth-order valence-electron chi connectivity index (χ4n) is 18.3. The normalized spacial score (nSPS) is 25.1. The van der Waals surface area contributed by atoms with Crippen molar-refractivity contribution in [2.45, 2.75) is 216 Å². The Morgan fingerprint density at radius 2 is 0.882 bits per heavy atom. The molecule has 0 amide bonds. The predicted octanol–water partition coefficient (Wildman–Crippen LogP) is 22.5. The van der Waals surface area contributed by atoms with Crippen LogP contribution < -0.4 is 36.1 Å². The number of phenolic OH excluding ortho intramolecular Hbond substituents is 1. The first-order valence-corrected chi connectivity index (χ1v) is 45.1. The molecular weight excluding hydrogens is 1690 g/mol. The Labute approximate surface area is 757 Å². The van der Waals surface area contributed by atoms with Gasteiger partial charge in [0.1, 0.15) is 104 Å². The zero-order valence-corrected chi connectivity index (χ0v) is 76.5. The molecule has 6 N–H and O–H groups in total. The van der Waals surface area contributed by atoms with Crippen molar-refractivity contribution in [2.75, 3.05) is 79.8 Å². The number of hydrogen-bond acceptors (Lipinski definition) is 22. The number of rotatable bonds is 10. The van der Waals surface area contributed by atoms with E-state index in [4.69, 9.17) is 78.1 Å². The van der Waals surface area contributed by atoms with Crippen molar-refractivity contribution in [3.63, 3.8) is 0 Å². The van der Waals surface area contributed by atoms with Gasteiger partial charge in [0.15, 0.2) is 0 Å². The van der Waals surface area contributed by atoms with E-state index in [1.54, 1.807) is 24.5 Å². The van der Waals surface area contributed by atoms with Crippen LogP contribution in [-0.4, -0.2) is 101 Å². The molecule has 9 aromatic carbocycles. The zero-order valence-electron chi connectivity index (χ0n) is 74.1. The number of hydrogen-bond donors (Lipinski definition) is 6. The number of nitriles is 1. The first-order chi connectivity index (χ1) is 61.0. The highest BCUT2D eigenvalue weighted by Gasteiger charge is 2.49. The van der Waals surface area contributed by atoms with Crippen LogP contribution in [0.2, 0.25) is 5.02 Å². The van der Waals surface area contributed by atoms with Gasteiger partial charge in [0.25, 0.3) is 0 Å². The van der Waals surface area contributed by atoms with E-state index in [0.717, 1.165) is 78.5 Å². The number of halogens is 2. The van der Waals surface area contributed by atoms with Crippen LogP contribution in [0, 0.1) is 11.3 Å². The number of esters is 2. The number of aromatic hydroxyl groups is 1. The van der Waals surface area contributed by atoms with E-state index in [0.29, 0.717) is 75.3 Å². The lowest BCUT2D eigenvalue weighted by atomic mass is 9.82. The lowest BCUT2D eigenvalue weighted by Gasteiger charge is -2.43. The second kappa shape index (κ2) is 38.7. The minimum Gasteiger partial charge on any atom is -0.508 e. The molecule has 0 spiro atoms. The Balaban J connectivity index is 0.000000117. The van der Waals surface area contributed by atoms with Crippen LogP contribution in [0.1, 0.15) is 247 Å². The van der Waals surface area contributed by atoms with Crippen molar-refractivity contribution in [1.82, 2.24) is 0 Å². The van der Waals surface area contributed by atoms with E-state index in [-0.39, 0.29) is 132 Å². The Morgan fingerprint density at radius 1 is 0.449 bits per heavy atom. The molecule has 666 valence electrons. The summed E-state index contributed by atoms with van der Waals surface area (Å²) in [5, 5.41) is 37.0. The van der Waals surface area contributed by atoms with Gasteiger partial charge in [0.2, 0.25) is 0 Å². The zero-order chi connectivity index (χ0) is 89.2. The van der Waals surface area contributed by atoms with E-state index in [1.165, 1.54) is 64.4 Å². The minimum absolute atomic E-state index is 0.0181. The summed E-state index contributed by atoms with van der Waals surface area (Å²) in [7, 11) is 0. The first kappa shape index (κ1) is 90.2. The van der Waals surface area contributed by atoms with Crippen LogP contribution in [-0.2, 0) is 79.6 Å². The number of phenols is 1. The van der Waals surface area contributed by atoms with Gasteiger partial charge in [-0.05, 0) is 176 Å². The third-order valence-corrected chi connectivity index (χ3v) is 25.9. The fourth-order valence-corrected chi connectivity index (χ4v) is 19.0. The molecule has 24 heteroatoms. The second-order valence-electron chi connectivity index (χ2n) is 36.8. The number of carbonyl (C=O) groups is 2. The maximum atomic E-state index is 11.3.